The molecule has 0 fully saturated rings. The third-order valence-electron chi connectivity index (χ3n) is 4.46. The molecule has 2 heteroatoms. The van der Waals surface area contributed by atoms with E-state index in [1.165, 1.54) is 0 Å². The van der Waals surface area contributed by atoms with Crippen molar-refractivity contribution in [3.8, 4) is 5.75 Å². The maximum absolute atomic E-state index is 11.2. The largest absolute Gasteiger partial charge is 0.508 e. The molecule has 2 atom stereocenters. The Morgan fingerprint density at radius 2 is 1.33 bits per heavy atom. The molecule has 112 valence electrons. The van der Waals surface area contributed by atoms with Crippen LogP contribution in [-0.2, 0) is 0 Å². The van der Waals surface area contributed by atoms with Gasteiger partial charge in [0.1, 0.15) is 5.75 Å². The maximum atomic E-state index is 11.2. The minimum Gasteiger partial charge on any atom is -0.508 e. The monoisotopic (exact) mass is 284 g/mol. The van der Waals surface area contributed by atoms with Crippen molar-refractivity contribution < 1.29 is 10.2 Å². The molecule has 0 unspecified atom stereocenters. The highest BCUT2D eigenvalue weighted by Gasteiger charge is 2.44. The van der Waals surface area contributed by atoms with Crippen LogP contribution in [0.1, 0.15) is 44.7 Å². The summed E-state index contributed by atoms with van der Waals surface area (Å²) in [5.41, 5.74) is 0.408. The molecule has 0 saturated carbocycles. The van der Waals surface area contributed by atoms with E-state index in [1.54, 1.807) is 12.1 Å². The molecule has 21 heavy (non-hydrogen) atoms. The number of hydrogen-bond donors (Lipinski definition) is 2. The summed E-state index contributed by atoms with van der Waals surface area (Å²) >= 11 is 0. The molecule has 0 saturated heterocycles. The highest BCUT2D eigenvalue weighted by Crippen LogP contribution is 2.47. The molecule has 0 aliphatic heterocycles. The van der Waals surface area contributed by atoms with Crippen LogP contribution >= 0.6 is 0 Å². The molecule has 0 aliphatic rings. The first kappa shape index (κ1) is 15.6. The summed E-state index contributed by atoms with van der Waals surface area (Å²) in [6.45, 7) is 7.89. The molecular weight excluding hydrogens is 260 g/mol. The second kappa shape index (κ2) is 5.53. The van der Waals surface area contributed by atoms with Gasteiger partial charge in [-0.05, 0) is 24.0 Å². The third-order valence-corrected chi connectivity index (χ3v) is 4.46. The molecule has 0 amide bonds. The summed E-state index contributed by atoms with van der Waals surface area (Å²) in [4.78, 5) is 0. The lowest BCUT2D eigenvalue weighted by Gasteiger charge is -2.44. The summed E-state index contributed by atoms with van der Waals surface area (Å²) in [6.07, 6.45) is 0. The van der Waals surface area contributed by atoms with Crippen molar-refractivity contribution in [3.63, 3.8) is 0 Å². The van der Waals surface area contributed by atoms with E-state index in [9.17, 15) is 10.2 Å². The van der Waals surface area contributed by atoms with E-state index in [0.29, 0.717) is 0 Å². The minimum atomic E-state index is -1.01. The van der Waals surface area contributed by atoms with Crippen molar-refractivity contribution in [2.75, 3.05) is 0 Å². The Bertz CT molecular complexity index is 594. The molecule has 0 aliphatic carbocycles. The van der Waals surface area contributed by atoms with E-state index in [-0.39, 0.29) is 17.1 Å². The summed E-state index contributed by atoms with van der Waals surface area (Å²) in [7, 11) is 0. The van der Waals surface area contributed by atoms with E-state index in [2.05, 4.69) is 0 Å². The van der Waals surface area contributed by atoms with E-state index >= 15 is 0 Å². The number of hydrogen-bond acceptors (Lipinski definition) is 2. The van der Waals surface area contributed by atoms with Crippen LogP contribution < -0.4 is 0 Å². The van der Waals surface area contributed by atoms with Gasteiger partial charge in [-0.15, -0.1) is 0 Å². The lowest BCUT2D eigenvalue weighted by atomic mass is 9.65. The smallest absolute Gasteiger partial charge is 0.119 e. The molecule has 0 aromatic heterocycles. The Balaban J connectivity index is 2.65. The van der Waals surface area contributed by atoms with Crippen LogP contribution in [0.25, 0.3) is 0 Å². The van der Waals surface area contributed by atoms with Crippen molar-refractivity contribution in [3.05, 3.63) is 65.7 Å². The Morgan fingerprint density at radius 3 is 1.86 bits per heavy atom. The van der Waals surface area contributed by atoms with E-state index in [1.807, 2.05) is 70.2 Å². The van der Waals surface area contributed by atoms with Gasteiger partial charge >= 0.3 is 0 Å². The van der Waals surface area contributed by atoms with Crippen LogP contribution in [0.15, 0.2) is 54.6 Å². The SMILES string of the molecule is CC(C)(C)[C@](C)(O)[C@H](c1ccccc1)c1ccccc1O. The summed E-state index contributed by atoms with van der Waals surface area (Å²) in [5.74, 6) is -0.0734. The zero-order chi connectivity index (χ0) is 15.7. The van der Waals surface area contributed by atoms with Gasteiger partial charge < -0.3 is 10.2 Å². The number of benzene rings is 2. The molecule has 2 aromatic carbocycles. The first-order valence-corrected chi connectivity index (χ1v) is 7.30. The van der Waals surface area contributed by atoms with Crippen molar-refractivity contribution >= 4 is 0 Å². The van der Waals surface area contributed by atoms with E-state index in [0.717, 1.165) is 11.1 Å². The van der Waals surface area contributed by atoms with Crippen molar-refractivity contribution in [1.82, 2.24) is 0 Å². The zero-order valence-electron chi connectivity index (χ0n) is 13.2. The van der Waals surface area contributed by atoms with Gasteiger partial charge in [-0.2, -0.15) is 0 Å². The second-order valence-corrected chi connectivity index (χ2v) is 6.80. The van der Waals surface area contributed by atoms with Gasteiger partial charge in [-0.1, -0.05) is 69.3 Å². The highest BCUT2D eigenvalue weighted by atomic mass is 16.3. The zero-order valence-corrected chi connectivity index (χ0v) is 13.2. The van der Waals surface area contributed by atoms with Crippen LogP contribution in [0.3, 0.4) is 0 Å². The average molecular weight is 284 g/mol. The van der Waals surface area contributed by atoms with Crippen LogP contribution in [0.2, 0.25) is 0 Å². The van der Waals surface area contributed by atoms with Gasteiger partial charge in [0.25, 0.3) is 0 Å². The first-order chi connectivity index (χ1) is 9.75. The molecule has 2 rings (SSSR count). The lowest BCUT2D eigenvalue weighted by molar-refractivity contribution is -0.0550. The molecule has 0 heterocycles. The number of para-hydroxylation sites is 1. The summed E-state index contributed by atoms with van der Waals surface area (Å²) in [6, 6.07) is 17.1. The topological polar surface area (TPSA) is 40.5 Å². The maximum Gasteiger partial charge on any atom is 0.119 e. The molecule has 2 nitrogen and oxygen atoms in total. The van der Waals surface area contributed by atoms with Crippen molar-refractivity contribution in [2.45, 2.75) is 39.2 Å². The van der Waals surface area contributed by atoms with Crippen LogP contribution in [0.4, 0.5) is 0 Å². The Hall–Kier alpha value is -1.80. The quantitative estimate of drug-likeness (QED) is 0.881. The van der Waals surface area contributed by atoms with Crippen LogP contribution in [0.5, 0.6) is 5.75 Å². The number of aromatic hydroxyl groups is 1. The fourth-order valence-corrected chi connectivity index (χ4v) is 2.62. The van der Waals surface area contributed by atoms with Gasteiger partial charge in [0.05, 0.1) is 5.60 Å². The third kappa shape index (κ3) is 2.96. The van der Waals surface area contributed by atoms with E-state index in [4.69, 9.17) is 0 Å². The lowest BCUT2D eigenvalue weighted by Crippen LogP contribution is -2.45. The number of rotatable bonds is 3. The Labute approximate surface area is 127 Å². The Morgan fingerprint density at radius 1 is 0.810 bits per heavy atom. The predicted molar refractivity (Wildman–Crippen MR) is 86.5 cm³/mol. The standard InChI is InChI=1S/C19H24O2/c1-18(2,3)19(4,21)17(14-10-6-5-7-11-14)15-12-8-9-13-16(15)20/h5-13,17,20-21H,1-4H3/t17-,19-/m1/s1. The van der Waals surface area contributed by atoms with Gasteiger partial charge in [0.2, 0.25) is 0 Å². The highest BCUT2D eigenvalue weighted by molar-refractivity contribution is 5.44. The summed E-state index contributed by atoms with van der Waals surface area (Å²) < 4.78 is 0. The van der Waals surface area contributed by atoms with E-state index < -0.39 is 5.60 Å². The number of phenols is 1. The molecule has 2 N–H and O–H groups in total. The first-order valence-electron chi connectivity index (χ1n) is 7.30. The van der Waals surface area contributed by atoms with Gasteiger partial charge in [0.15, 0.2) is 0 Å². The van der Waals surface area contributed by atoms with Gasteiger partial charge in [-0.25, -0.2) is 0 Å². The fraction of sp³-hybridized carbons (Fsp3) is 0.368. The normalized spacial score (nSPS) is 16.2. The van der Waals surface area contributed by atoms with Crippen LogP contribution in [-0.4, -0.2) is 15.8 Å². The van der Waals surface area contributed by atoms with Crippen molar-refractivity contribution in [2.24, 2.45) is 5.41 Å². The molecule has 0 spiro atoms. The second-order valence-electron chi connectivity index (χ2n) is 6.80. The van der Waals surface area contributed by atoms with Gasteiger partial charge in [-0.3, -0.25) is 0 Å². The fourth-order valence-electron chi connectivity index (χ4n) is 2.62. The molecule has 0 radical (unpaired) electrons. The van der Waals surface area contributed by atoms with Crippen molar-refractivity contribution in [1.29, 1.82) is 0 Å². The molecule has 0 bridgehead atoms. The number of aliphatic hydroxyl groups is 1. The predicted octanol–water partition coefficient (Wildman–Crippen LogP) is 4.32. The van der Waals surface area contributed by atoms with Crippen LogP contribution in [0, 0.1) is 5.41 Å². The number of phenolic OH excluding ortho intramolecular Hbond substituents is 1. The summed E-state index contributed by atoms with van der Waals surface area (Å²) in [5, 5.41) is 21.5. The average Bonchev–Trinajstić information content (AvgIpc) is 2.41. The van der Waals surface area contributed by atoms with Gasteiger partial charge in [0, 0.05) is 11.5 Å². The molecule has 2 aromatic rings. The molecular formula is C19H24O2. The minimum absolute atomic E-state index is 0.218. The Kier molecular flexibility index (Phi) is 4.11.